The summed E-state index contributed by atoms with van der Waals surface area (Å²) >= 11 is 0. The maximum Gasteiger partial charge on any atom is 0.253 e. The number of hydrogen-bond acceptors (Lipinski definition) is 5. The Labute approximate surface area is 167 Å². The quantitative estimate of drug-likeness (QED) is 0.671. The number of H-pyrrole nitrogens is 1. The highest BCUT2D eigenvalue weighted by atomic mass is 16.6. The molecule has 2 heterocycles. The van der Waals surface area contributed by atoms with Crippen molar-refractivity contribution in [1.29, 1.82) is 0 Å². The molecule has 1 aliphatic heterocycles. The standard InChI is InChI=1S/C22H22N2O5/c1-27-17-5-2-14(3-6-17)4-7-21(25)23-13-16-10-15-11-19-20(29-9-8-28-19)12-18(15)24-22(16)26/h2-3,5-6,10-12H,4,7-9,13H2,1H3,(H,23,25)(H,24,26). The highest BCUT2D eigenvalue weighted by Crippen LogP contribution is 2.33. The first-order valence-corrected chi connectivity index (χ1v) is 9.47. The highest BCUT2D eigenvalue weighted by molar-refractivity contribution is 5.83. The van der Waals surface area contributed by atoms with Gasteiger partial charge in [0.05, 0.1) is 12.6 Å². The number of carbonyl (C=O) groups excluding carboxylic acids is 1. The number of methoxy groups -OCH3 is 1. The number of fused-ring (bicyclic) bond motifs is 2. The molecule has 2 aromatic carbocycles. The summed E-state index contributed by atoms with van der Waals surface area (Å²) in [5.41, 5.74) is 1.99. The Morgan fingerprint density at radius 2 is 1.83 bits per heavy atom. The van der Waals surface area contributed by atoms with Gasteiger partial charge < -0.3 is 24.5 Å². The smallest absolute Gasteiger partial charge is 0.253 e. The van der Waals surface area contributed by atoms with Crippen molar-refractivity contribution in [3.8, 4) is 17.2 Å². The molecule has 0 saturated heterocycles. The average molecular weight is 394 g/mol. The van der Waals surface area contributed by atoms with Crippen LogP contribution in [-0.4, -0.2) is 31.2 Å². The minimum atomic E-state index is -0.232. The van der Waals surface area contributed by atoms with Crippen molar-refractivity contribution in [2.24, 2.45) is 0 Å². The number of hydrogen-bond donors (Lipinski definition) is 2. The van der Waals surface area contributed by atoms with Crippen molar-refractivity contribution in [3.05, 3.63) is 63.9 Å². The lowest BCUT2D eigenvalue weighted by atomic mass is 10.1. The largest absolute Gasteiger partial charge is 0.497 e. The monoisotopic (exact) mass is 394 g/mol. The van der Waals surface area contributed by atoms with Gasteiger partial charge in [0.2, 0.25) is 5.91 Å². The van der Waals surface area contributed by atoms with E-state index in [-0.39, 0.29) is 18.0 Å². The Morgan fingerprint density at radius 1 is 1.10 bits per heavy atom. The molecule has 0 spiro atoms. The van der Waals surface area contributed by atoms with Crippen LogP contribution in [0.1, 0.15) is 17.5 Å². The third-order valence-electron chi connectivity index (χ3n) is 4.86. The van der Waals surface area contributed by atoms with Crippen molar-refractivity contribution in [2.45, 2.75) is 19.4 Å². The number of aromatic amines is 1. The molecule has 1 aliphatic rings. The summed E-state index contributed by atoms with van der Waals surface area (Å²) in [5.74, 6) is 1.96. The number of amides is 1. The number of benzene rings is 2. The first-order chi connectivity index (χ1) is 14.1. The Bertz CT molecular complexity index is 1090. The van der Waals surface area contributed by atoms with E-state index in [1.165, 1.54) is 0 Å². The van der Waals surface area contributed by atoms with Gasteiger partial charge in [-0.15, -0.1) is 0 Å². The van der Waals surface area contributed by atoms with Gasteiger partial charge >= 0.3 is 0 Å². The molecule has 3 aromatic rings. The van der Waals surface area contributed by atoms with Crippen LogP contribution in [0.15, 0.2) is 47.3 Å². The van der Waals surface area contributed by atoms with E-state index in [9.17, 15) is 9.59 Å². The second-order valence-electron chi connectivity index (χ2n) is 6.83. The van der Waals surface area contributed by atoms with E-state index in [0.717, 1.165) is 16.7 Å². The van der Waals surface area contributed by atoms with Gasteiger partial charge in [0, 0.05) is 30.0 Å². The Balaban J connectivity index is 1.39. The zero-order valence-electron chi connectivity index (χ0n) is 16.1. The van der Waals surface area contributed by atoms with E-state index < -0.39 is 0 Å². The van der Waals surface area contributed by atoms with Gasteiger partial charge in [-0.25, -0.2) is 0 Å². The highest BCUT2D eigenvalue weighted by Gasteiger charge is 2.14. The van der Waals surface area contributed by atoms with Crippen molar-refractivity contribution >= 4 is 16.8 Å². The van der Waals surface area contributed by atoms with E-state index in [2.05, 4.69) is 10.3 Å². The lowest BCUT2D eigenvalue weighted by Crippen LogP contribution is -2.27. The second kappa shape index (κ2) is 8.26. The first-order valence-electron chi connectivity index (χ1n) is 9.47. The first kappa shape index (κ1) is 18.9. The second-order valence-corrected chi connectivity index (χ2v) is 6.83. The summed E-state index contributed by atoms with van der Waals surface area (Å²) in [6.07, 6.45) is 0.962. The minimum Gasteiger partial charge on any atom is -0.497 e. The Hall–Kier alpha value is -3.48. The maximum absolute atomic E-state index is 12.4. The summed E-state index contributed by atoms with van der Waals surface area (Å²) in [6.45, 7) is 1.16. The van der Waals surface area contributed by atoms with E-state index in [0.29, 0.717) is 48.6 Å². The molecule has 0 bridgehead atoms. The van der Waals surface area contributed by atoms with Gasteiger partial charge in [0.1, 0.15) is 19.0 Å². The number of aryl methyl sites for hydroxylation is 1. The fourth-order valence-corrected chi connectivity index (χ4v) is 3.25. The van der Waals surface area contributed by atoms with Crippen molar-refractivity contribution in [3.63, 3.8) is 0 Å². The summed E-state index contributed by atoms with van der Waals surface area (Å²) in [4.78, 5) is 27.4. The molecule has 0 atom stereocenters. The molecule has 4 rings (SSSR count). The fraction of sp³-hybridized carbons (Fsp3) is 0.273. The molecular weight excluding hydrogens is 372 g/mol. The lowest BCUT2D eigenvalue weighted by Gasteiger charge is -2.18. The molecule has 2 N–H and O–H groups in total. The average Bonchev–Trinajstić information content (AvgIpc) is 2.75. The minimum absolute atomic E-state index is 0.109. The number of pyridine rings is 1. The van der Waals surface area contributed by atoms with Crippen LogP contribution >= 0.6 is 0 Å². The van der Waals surface area contributed by atoms with E-state index in [1.54, 1.807) is 19.2 Å². The van der Waals surface area contributed by atoms with E-state index >= 15 is 0 Å². The van der Waals surface area contributed by atoms with Gasteiger partial charge in [0.25, 0.3) is 5.56 Å². The summed E-state index contributed by atoms with van der Waals surface area (Å²) < 4.78 is 16.3. The topological polar surface area (TPSA) is 89.7 Å². The molecule has 0 radical (unpaired) electrons. The molecule has 0 aliphatic carbocycles. The molecule has 0 fully saturated rings. The van der Waals surface area contributed by atoms with Crippen LogP contribution in [0.3, 0.4) is 0 Å². The number of carbonyl (C=O) groups is 1. The molecule has 7 nitrogen and oxygen atoms in total. The summed E-state index contributed by atoms with van der Waals surface area (Å²) in [5, 5.41) is 3.65. The number of nitrogens with one attached hydrogen (secondary N) is 2. The van der Waals surface area contributed by atoms with E-state index in [1.807, 2.05) is 30.3 Å². The third kappa shape index (κ3) is 4.34. The predicted molar refractivity (Wildman–Crippen MR) is 109 cm³/mol. The van der Waals surface area contributed by atoms with Crippen molar-refractivity contribution in [1.82, 2.24) is 10.3 Å². The molecule has 29 heavy (non-hydrogen) atoms. The van der Waals surface area contributed by atoms with Crippen molar-refractivity contribution in [2.75, 3.05) is 20.3 Å². The lowest BCUT2D eigenvalue weighted by molar-refractivity contribution is -0.121. The Morgan fingerprint density at radius 3 is 2.55 bits per heavy atom. The molecule has 1 aromatic heterocycles. The predicted octanol–water partition coefficient (Wildman–Crippen LogP) is 2.56. The van der Waals surface area contributed by atoms with Gasteiger partial charge in [-0.1, -0.05) is 12.1 Å². The normalized spacial score (nSPS) is 12.6. The third-order valence-corrected chi connectivity index (χ3v) is 4.86. The summed E-state index contributed by atoms with van der Waals surface area (Å²) in [7, 11) is 1.62. The van der Waals surface area contributed by atoms with Crippen LogP contribution in [0.25, 0.3) is 10.9 Å². The molecule has 0 saturated carbocycles. The zero-order valence-corrected chi connectivity index (χ0v) is 16.1. The fourth-order valence-electron chi connectivity index (χ4n) is 3.25. The maximum atomic E-state index is 12.4. The molecule has 0 unspecified atom stereocenters. The molecule has 7 heteroatoms. The molecule has 150 valence electrons. The van der Waals surface area contributed by atoms with Gasteiger partial charge in [0.15, 0.2) is 11.5 Å². The van der Waals surface area contributed by atoms with Crippen LogP contribution in [0.5, 0.6) is 17.2 Å². The summed E-state index contributed by atoms with van der Waals surface area (Å²) in [6, 6.07) is 13.0. The zero-order chi connectivity index (χ0) is 20.2. The van der Waals surface area contributed by atoms with Gasteiger partial charge in [-0.3, -0.25) is 9.59 Å². The Kier molecular flexibility index (Phi) is 5.37. The van der Waals surface area contributed by atoms with Gasteiger partial charge in [-0.05, 0) is 36.2 Å². The van der Waals surface area contributed by atoms with Crippen LogP contribution in [0.2, 0.25) is 0 Å². The van der Waals surface area contributed by atoms with Crippen LogP contribution < -0.4 is 25.1 Å². The van der Waals surface area contributed by atoms with Crippen LogP contribution in [0, 0.1) is 0 Å². The SMILES string of the molecule is COc1ccc(CCC(=O)NCc2cc3cc4c(cc3[nH]c2=O)OCCO4)cc1. The molecule has 1 amide bonds. The van der Waals surface area contributed by atoms with Gasteiger partial charge in [-0.2, -0.15) is 0 Å². The van der Waals surface area contributed by atoms with E-state index in [4.69, 9.17) is 14.2 Å². The van der Waals surface area contributed by atoms with Crippen molar-refractivity contribution < 1.29 is 19.0 Å². The van der Waals surface area contributed by atoms with Crippen LogP contribution in [-0.2, 0) is 17.8 Å². The number of aromatic nitrogens is 1. The number of ether oxygens (including phenoxy) is 3. The number of rotatable bonds is 6. The van der Waals surface area contributed by atoms with Crippen LogP contribution in [0.4, 0.5) is 0 Å². The molecular formula is C22H22N2O5.